The number of rotatable bonds is 6. The summed E-state index contributed by atoms with van der Waals surface area (Å²) in [7, 11) is 2.98. The molecule has 1 N–H and O–H groups in total. The lowest BCUT2D eigenvalue weighted by Gasteiger charge is -2.08. The number of methoxy groups -OCH3 is 2. The Kier molecular flexibility index (Phi) is 6.13. The number of benzene rings is 2. The summed E-state index contributed by atoms with van der Waals surface area (Å²) >= 11 is 3.37. The van der Waals surface area contributed by atoms with Gasteiger partial charge in [0.2, 0.25) is 5.91 Å². The predicted octanol–water partition coefficient (Wildman–Crippen LogP) is 4.03. The summed E-state index contributed by atoms with van der Waals surface area (Å²) in [4.78, 5) is 22.4. The largest absolute Gasteiger partial charge is 0.496 e. The highest BCUT2D eigenvalue weighted by atomic mass is 79.9. The molecule has 0 saturated heterocycles. The first kappa shape index (κ1) is 18.5. The first-order valence-corrected chi connectivity index (χ1v) is 7.89. The first-order chi connectivity index (χ1) is 11.9. The lowest BCUT2D eigenvalue weighted by atomic mass is 10.2. The molecule has 0 spiro atoms. The molecule has 25 heavy (non-hydrogen) atoms. The SMILES string of the molecule is COc1ccc(/C=C\C(=O)Nc2cc([N+](=O)[O-])ccc2OC)cc1Br. The molecule has 7 nitrogen and oxygen atoms in total. The molecule has 0 saturated carbocycles. The van der Waals surface area contributed by atoms with E-state index < -0.39 is 10.8 Å². The molecule has 1 amide bonds. The highest BCUT2D eigenvalue weighted by Crippen LogP contribution is 2.29. The van der Waals surface area contributed by atoms with Gasteiger partial charge in [0.25, 0.3) is 5.69 Å². The second kappa shape index (κ2) is 8.29. The number of amides is 1. The number of hydrogen-bond acceptors (Lipinski definition) is 5. The number of ether oxygens (including phenoxy) is 2. The van der Waals surface area contributed by atoms with Gasteiger partial charge < -0.3 is 14.8 Å². The van der Waals surface area contributed by atoms with Gasteiger partial charge in [-0.3, -0.25) is 14.9 Å². The Labute approximate surface area is 152 Å². The third-order valence-electron chi connectivity index (χ3n) is 3.25. The van der Waals surface area contributed by atoms with E-state index in [2.05, 4.69) is 21.2 Å². The molecule has 0 radical (unpaired) electrons. The van der Waals surface area contributed by atoms with Gasteiger partial charge >= 0.3 is 0 Å². The number of halogens is 1. The Hall–Kier alpha value is -2.87. The molecule has 0 atom stereocenters. The van der Waals surface area contributed by atoms with Gasteiger partial charge in [0, 0.05) is 18.2 Å². The van der Waals surface area contributed by atoms with Crippen molar-refractivity contribution in [1.82, 2.24) is 0 Å². The average Bonchev–Trinajstić information content (AvgIpc) is 2.60. The van der Waals surface area contributed by atoms with E-state index in [0.29, 0.717) is 11.5 Å². The lowest BCUT2D eigenvalue weighted by molar-refractivity contribution is -0.384. The van der Waals surface area contributed by atoms with Crippen LogP contribution in [-0.2, 0) is 4.79 Å². The van der Waals surface area contributed by atoms with Crippen LogP contribution in [0.25, 0.3) is 6.08 Å². The van der Waals surface area contributed by atoms with Crippen molar-refractivity contribution in [1.29, 1.82) is 0 Å². The van der Waals surface area contributed by atoms with E-state index in [9.17, 15) is 14.9 Å². The summed E-state index contributed by atoms with van der Waals surface area (Å²) in [6, 6.07) is 9.34. The minimum Gasteiger partial charge on any atom is -0.496 e. The van der Waals surface area contributed by atoms with Gasteiger partial charge in [0.15, 0.2) is 0 Å². The summed E-state index contributed by atoms with van der Waals surface area (Å²) < 4.78 is 11.0. The van der Waals surface area contributed by atoms with Crippen molar-refractivity contribution >= 4 is 39.3 Å². The van der Waals surface area contributed by atoms with Gasteiger partial charge in [-0.2, -0.15) is 0 Å². The fourth-order valence-corrected chi connectivity index (χ4v) is 2.60. The Morgan fingerprint density at radius 2 is 1.84 bits per heavy atom. The molecule has 0 fully saturated rings. The van der Waals surface area contributed by atoms with Crippen molar-refractivity contribution in [3.63, 3.8) is 0 Å². The smallest absolute Gasteiger partial charge is 0.271 e. The number of non-ortho nitro benzene ring substituents is 1. The molecule has 0 unspecified atom stereocenters. The monoisotopic (exact) mass is 406 g/mol. The summed E-state index contributed by atoms with van der Waals surface area (Å²) in [5.41, 5.74) is 0.871. The fourth-order valence-electron chi connectivity index (χ4n) is 2.04. The van der Waals surface area contributed by atoms with Crippen LogP contribution < -0.4 is 14.8 Å². The topological polar surface area (TPSA) is 90.7 Å². The Bertz CT molecular complexity index is 836. The summed E-state index contributed by atoms with van der Waals surface area (Å²) in [6.45, 7) is 0. The molecule has 0 aliphatic heterocycles. The van der Waals surface area contributed by atoms with E-state index in [1.54, 1.807) is 31.4 Å². The molecule has 8 heteroatoms. The van der Waals surface area contributed by atoms with E-state index in [4.69, 9.17) is 9.47 Å². The maximum Gasteiger partial charge on any atom is 0.271 e. The van der Waals surface area contributed by atoms with Gasteiger partial charge in [0.05, 0.1) is 29.3 Å². The van der Waals surface area contributed by atoms with Crippen LogP contribution in [0.4, 0.5) is 11.4 Å². The van der Waals surface area contributed by atoms with Gasteiger partial charge in [-0.05, 0) is 45.8 Å². The molecule has 2 aromatic carbocycles. The number of nitro groups is 1. The Balaban J connectivity index is 2.15. The summed E-state index contributed by atoms with van der Waals surface area (Å²) in [5.74, 6) is 0.577. The maximum atomic E-state index is 12.1. The van der Waals surface area contributed by atoms with Gasteiger partial charge in [-0.1, -0.05) is 6.07 Å². The van der Waals surface area contributed by atoms with Crippen molar-refractivity contribution in [2.24, 2.45) is 0 Å². The normalized spacial score (nSPS) is 10.5. The molecular formula is C17H15BrN2O5. The second-order valence-electron chi connectivity index (χ2n) is 4.86. The van der Waals surface area contributed by atoms with Crippen molar-refractivity contribution < 1.29 is 19.2 Å². The van der Waals surface area contributed by atoms with Crippen molar-refractivity contribution in [3.8, 4) is 11.5 Å². The first-order valence-electron chi connectivity index (χ1n) is 7.09. The number of hydrogen-bond donors (Lipinski definition) is 1. The van der Waals surface area contributed by atoms with E-state index >= 15 is 0 Å². The van der Waals surface area contributed by atoms with Crippen LogP contribution in [0.2, 0.25) is 0 Å². The van der Waals surface area contributed by atoms with E-state index in [1.807, 2.05) is 0 Å². The van der Waals surface area contributed by atoms with Crippen LogP contribution in [0.1, 0.15) is 5.56 Å². The van der Waals surface area contributed by atoms with Gasteiger partial charge in [-0.15, -0.1) is 0 Å². The van der Waals surface area contributed by atoms with Crippen LogP contribution in [0, 0.1) is 10.1 Å². The van der Waals surface area contributed by atoms with Crippen LogP contribution in [0.3, 0.4) is 0 Å². The van der Waals surface area contributed by atoms with Gasteiger partial charge in [-0.25, -0.2) is 0 Å². The molecule has 0 bridgehead atoms. The maximum absolute atomic E-state index is 12.1. The number of anilines is 1. The standard InChI is InChI=1S/C17H15BrN2O5/c1-24-15-6-3-11(9-13(15)18)4-8-17(21)19-14-10-12(20(22)23)5-7-16(14)25-2/h3-10H,1-2H3,(H,19,21)/b8-4-. The summed E-state index contributed by atoms with van der Waals surface area (Å²) in [6.07, 6.45) is 2.94. The van der Waals surface area contributed by atoms with E-state index in [1.165, 1.54) is 31.4 Å². The van der Waals surface area contributed by atoms with Gasteiger partial charge in [0.1, 0.15) is 11.5 Å². The lowest BCUT2D eigenvalue weighted by Crippen LogP contribution is -2.09. The van der Waals surface area contributed by atoms with Crippen molar-refractivity contribution in [2.75, 3.05) is 19.5 Å². The number of nitrogens with zero attached hydrogens (tertiary/aromatic N) is 1. The molecule has 0 aliphatic rings. The number of nitro benzene ring substituents is 1. The number of carbonyl (C=O) groups excluding carboxylic acids is 1. The predicted molar refractivity (Wildman–Crippen MR) is 98.0 cm³/mol. The highest BCUT2D eigenvalue weighted by molar-refractivity contribution is 9.10. The van der Waals surface area contributed by atoms with Crippen molar-refractivity contribution in [2.45, 2.75) is 0 Å². The van der Waals surface area contributed by atoms with Crippen molar-refractivity contribution in [3.05, 3.63) is 62.6 Å². The summed E-state index contributed by atoms with van der Waals surface area (Å²) in [5, 5.41) is 13.4. The number of nitrogens with one attached hydrogen (secondary N) is 1. The Morgan fingerprint density at radius 1 is 1.16 bits per heavy atom. The van der Waals surface area contributed by atoms with E-state index in [-0.39, 0.29) is 11.4 Å². The molecule has 2 aromatic rings. The number of carbonyl (C=O) groups is 1. The molecule has 0 aliphatic carbocycles. The van der Waals surface area contributed by atoms with Crippen LogP contribution in [0.5, 0.6) is 11.5 Å². The van der Waals surface area contributed by atoms with E-state index in [0.717, 1.165) is 10.0 Å². The highest BCUT2D eigenvalue weighted by Gasteiger charge is 2.12. The average molecular weight is 407 g/mol. The quantitative estimate of drug-likeness (QED) is 0.444. The van der Waals surface area contributed by atoms with Crippen LogP contribution in [0.15, 0.2) is 46.9 Å². The van der Waals surface area contributed by atoms with Crippen LogP contribution in [-0.4, -0.2) is 25.1 Å². The minimum absolute atomic E-state index is 0.140. The molecule has 130 valence electrons. The minimum atomic E-state index is -0.542. The molecule has 0 heterocycles. The molecule has 2 rings (SSSR count). The third kappa shape index (κ3) is 4.80. The third-order valence-corrected chi connectivity index (χ3v) is 3.87. The molecular weight excluding hydrogens is 392 g/mol. The fraction of sp³-hybridized carbons (Fsp3) is 0.118. The zero-order valence-corrected chi connectivity index (χ0v) is 15.1. The second-order valence-corrected chi connectivity index (χ2v) is 5.71. The zero-order chi connectivity index (χ0) is 18.4. The Morgan fingerprint density at radius 3 is 2.44 bits per heavy atom. The molecule has 0 aromatic heterocycles. The van der Waals surface area contributed by atoms with Crippen LogP contribution >= 0.6 is 15.9 Å². The zero-order valence-electron chi connectivity index (χ0n) is 13.5.